The maximum absolute atomic E-state index is 13.2. The number of aryl methyl sites for hydroxylation is 1. The topological polar surface area (TPSA) is 42.3 Å². The molecule has 0 spiro atoms. The van der Waals surface area contributed by atoms with Crippen molar-refractivity contribution in [2.24, 2.45) is 0 Å². The van der Waals surface area contributed by atoms with Crippen LogP contribution >= 0.6 is 50.9 Å². The molecule has 0 saturated carbocycles. The predicted molar refractivity (Wildman–Crippen MR) is 153 cm³/mol. The van der Waals surface area contributed by atoms with Crippen LogP contribution in [0, 0.1) is 0 Å². The molecule has 1 aliphatic rings. The highest BCUT2D eigenvalue weighted by Gasteiger charge is 2.35. The molecular formula is C28H21BrCl2N2O2S. The molecule has 2 amide bonds. The molecule has 1 saturated heterocycles. The summed E-state index contributed by atoms with van der Waals surface area (Å²) >= 11 is 16.8. The van der Waals surface area contributed by atoms with Crippen LogP contribution in [0.25, 0.3) is 17.0 Å². The number of carbonyl (C=O) groups excluding carboxylic acids is 2. The number of nitrogens with zero attached hydrogens (tertiary/aromatic N) is 2. The van der Waals surface area contributed by atoms with Gasteiger partial charge in [-0.1, -0.05) is 82.5 Å². The van der Waals surface area contributed by atoms with Crippen molar-refractivity contribution in [2.75, 3.05) is 0 Å². The highest BCUT2D eigenvalue weighted by molar-refractivity contribution is 9.10. The van der Waals surface area contributed by atoms with Crippen LogP contribution in [-0.2, 0) is 24.3 Å². The Morgan fingerprint density at radius 3 is 2.42 bits per heavy atom. The third-order valence-electron chi connectivity index (χ3n) is 6.14. The maximum atomic E-state index is 13.2. The van der Waals surface area contributed by atoms with Gasteiger partial charge in [-0.15, -0.1) is 0 Å². The van der Waals surface area contributed by atoms with E-state index in [1.165, 1.54) is 10.5 Å². The minimum atomic E-state index is -0.273. The van der Waals surface area contributed by atoms with Crippen molar-refractivity contribution in [3.63, 3.8) is 0 Å². The number of para-hydroxylation sites is 1. The lowest BCUT2D eigenvalue weighted by Crippen LogP contribution is -2.27. The average Bonchev–Trinajstić information content (AvgIpc) is 3.34. The van der Waals surface area contributed by atoms with Gasteiger partial charge < -0.3 is 4.57 Å². The molecule has 0 atom stereocenters. The first kappa shape index (κ1) is 25.2. The number of thioether (sulfide) groups is 1. The molecule has 36 heavy (non-hydrogen) atoms. The van der Waals surface area contributed by atoms with Crippen LogP contribution in [0.2, 0.25) is 10.0 Å². The second-order valence-corrected chi connectivity index (χ2v) is 11.2. The molecule has 4 aromatic rings. The van der Waals surface area contributed by atoms with E-state index in [1.807, 2.05) is 54.7 Å². The smallest absolute Gasteiger partial charge is 0.293 e. The Kier molecular flexibility index (Phi) is 7.31. The quantitative estimate of drug-likeness (QED) is 0.208. The zero-order valence-corrected chi connectivity index (χ0v) is 23.2. The maximum Gasteiger partial charge on any atom is 0.293 e. The summed E-state index contributed by atoms with van der Waals surface area (Å²) in [4.78, 5) is 27.6. The Morgan fingerprint density at radius 1 is 0.944 bits per heavy atom. The molecule has 0 bridgehead atoms. The van der Waals surface area contributed by atoms with Crippen molar-refractivity contribution in [1.29, 1.82) is 0 Å². The van der Waals surface area contributed by atoms with E-state index in [0.29, 0.717) is 21.5 Å². The average molecular weight is 600 g/mol. The van der Waals surface area contributed by atoms with Crippen molar-refractivity contribution < 1.29 is 9.59 Å². The normalized spacial score (nSPS) is 15.0. The summed E-state index contributed by atoms with van der Waals surface area (Å²) in [6.07, 6.45) is 4.74. The van der Waals surface area contributed by atoms with Gasteiger partial charge in [0.2, 0.25) is 0 Å². The van der Waals surface area contributed by atoms with E-state index in [-0.39, 0.29) is 17.7 Å². The molecule has 1 aromatic heterocycles. The molecule has 1 aliphatic heterocycles. The third-order valence-corrected chi connectivity index (χ3v) is 8.32. The minimum Gasteiger partial charge on any atom is -0.342 e. The zero-order valence-electron chi connectivity index (χ0n) is 19.3. The molecule has 182 valence electrons. The number of halogens is 3. The van der Waals surface area contributed by atoms with Gasteiger partial charge >= 0.3 is 0 Å². The van der Waals surface area contributed by atoms with Crippen molar-refractivity contribution in [3.8, 4) is 0 Å². The highest BCUT2D eigenvalue weighted by atomic mass is 79.9. The Morgan fingerprint density at radius 2 is 1.69 bits per heavy atom. The number of benzene rings is 3. The molecule has 8 heteroatoms. The van der Waals surface area contributed by atoms with Crippen LogP contribution in [-0.4, -0.2) is 20.6 Å². The number of fused-ring (bicyclic) bond motifs is 1. The van der Waals surface area contributed by atoms with Gasteiger partial charge in [-0.2, -0.15) is 0 Å². The van der Waals surface area contributed by atoms with Crippen molar-refractivity contribution in [1.82, 2.24) is 9.47 Å². The molecule has 1 fully saturated rings. The number of rotatable bonds is 6. The molecule has 2 heterocycles. The monoisotopic (exact) mass is 598 g/mol. The Hall–Kier alpha value is -2.51. The second kappa shape index (κ2) is 10.5. The van der Waals surface area contributed by atoms with E-state index in [0.717, 1.165) is 50.2 Å². The van der Waals surface area contributed by atoms with Gasteiger partial charge in [0, 0.05) is 28.2 Å². The Bertz CT molecular complexity index is 1530. The Balaban J connectivity index is 1.51. The van der Waals surface area contributed by atoms with Crippen molar-refractivity contribution in [2.45, 2.75) is 26.4 Å². The van der Waals surface area contributed by atoms with E-state index in [9.17, 15) is 9.59 Å². The molecule has 0 aliphatic carbocycles. The van der Waals surface area contributed by atoms with E-state index in [2.05, 4.69) is 39.6 Å². The first-order valence-corrected chi connectivity index (χ1v) is 13.7. The van der Waals surface area contributed by atoms with Gasteiger partial charge in [0.1, 0.15) is 0 Å². The van der Waals surface area contributed by atoms with Gasteiger partial charge in [-0.05, 0) is 65.2 Å². The summed E-state index contributed by atoms with van der Waals surface area (Å²) in [5.41, 5.74) is 5.12. The van der Waals surface area contributed by atoms with Gasteiger partial charge in [0.25, 0.3) is 11.1 Å². The van der Waals surface area contributed by atoms with E-state index in [4.69, 9.17) is 23.2 Å². The molecule has 4 nitrogen and oxygen atoms in total. The van der Waals surface area contributed by atoms with E-state index >= 15 is 0 Å². The number of aromatic nitrogens is 1. The highest BCUT2D eigenvalue weighted by Crippen LogP contribution is 2.36. The van der Waals surface area contributed by atoms with E-state index in [1.54, 1.807) is 6.07 Å². The second-order valence-electron chi connectivity index (χ2n) is 8.52. The fourth-order valence-corrected chi connectivity index (χ4v) is 5.79. The minimum absolute atomic E-state index is 0.244. The number of carbonyl (C=O) groups is 2. The molecule has 0 N–H and O–H groups in total. The predicted octanol–water partition coefficient (Wildman–Crippen LogP) is 8.56. The SMILES string of the molecule is CCc1cccc2c(/C=C3\SC(=O)N(Cc4ccc(Br)cc4)C3=O)cn(Cc3ccc(Cl)c(Cl)c3)c12. The van der Waals surface area contributed by atoms with Gasteiger partial charge in [-0.3, -0.25) is 14.5 Å². The van der Waals surface area contributed by atoms with E-state index < -0.39 is 0 Å². The summed E-state index contributed by atoms with van der Waals surface area (Å²) in [5, 5.41) is 1.81. The van der Waals surface area contributed by atoms with Crippen LogP contribution in [0.1, 0.15) is 29.2 Å². The van der Waals surface area contributed by atoms with Gasteiger partial charge in [-0.25, -0.2) is 0 Å². The molecular weight excluding hydrogens is 579 g/mol. The molecule has 3 aromatic carbocycles. The summed E-state index contributed by atoms with van der Waals surface area (Å²) in [7, 11) is 0. The zero-order chi connectivity index (χ0) is 25.4. The lowest BCUT2D eigenvalue weighted by atomic mass is 10.1. The molecule has 0 unspecified atom stereocenters. The summed E-state index contributed by atoms with van der Waals surface area (Å²) in [6, 6.07) is 19.4. The molecule has 0 radical (unpaired) electrons. The summed E-state index contributed by atoms with van der Waals surface area (Å²) < 4.78 is 3.12. The Labute approximate surface area is 232 Å². The standard InChI is InChI=1S/C28H21BrCl2N2O2S/c1-2-19-4-3-5-22-20(16-32(26(19)22)14-18-8-11-23(30)24(31)12-18)13-25-27(34)33(28(35)36-25)15-17-6-9-21(29)10-7-17/h3-13,16H,2,14-15H2,1H3/b25-13-. The van der Waals surface area contributed by atoms with Gasteiger partial charge in [0.05, 0.1) is 27.0 Å². The number of imide groups is 1. The largest absolute Gasteiger partial charge is 0.342 e. The first-order valence-electron chi connectivity index (χ1n) is 11.4. The van der Waals surface area contributed by atoms with Crippen LogP contribution in [0.15, 0.2) is 76.2 Å². The fraction of sp³-hybridized carbons (Fsp3) is 0.143. The van der Waals surface area contributed by atoms with Crippen LogP contribution in [0.3, 0.4) is 0 Å². The number of amides is 2. The van der Waals surface area contributed by atoms with Crippen molar-refractivity contribution in [3.05, 3.63) is 109 Å². The van der Waals surface area contributed by atoms with Crippen LogP contribution in [0.4, 0.5) is 4.79 Å². The van der Waals surface area contributed by atoms with Crippen molar-refractivity contribution >= 4 is 79.0 Å². The lowest BCUT2D eigenvalue weighted by Gasteiger charge is -2.12. The van der Waals surface area contributed by atoms with Crippen LogP contribution < -0.4 is 0 Å². The number of hydrogen-bond donors (Lipinski definition) is 0. The molecule has 5 rings (SSSR count). The first-order chi connectivity index (χ1) is 17.3. The van der Waals surface area contributed by atoms with Gasteiger partial charge in [0.15, 0.2) is 0 Å². The summed E-state index contributed by atoms with van der Waals surface area (Å²) in [6.45, 7) is 2.97. The summed E-state index contributed by atoms with van der Waals surface area (Å²) in [5.74, 6) is -0.273. The van der Waals surface area contributed by atoms with Crippen LogP contribution in [0.5, 0.6) is 0 Å². The lowest BCUT2D eigenvalue weighted by molar-refractivity contribution is -0.123. The fourth-order valence-electron chi connectivity index (χ4n) is 4.38. The number of hydrogen-bond acceptors (Lipinski definition) is 3. The third kappa shape index (κ3) is 5.00.